The fraction of sp³-hybridized carbons (Fsp3) is 0.250. The van der Waals surface area contributed by atoms with E-state index in [2.05, 4.69) is 20.3 Å². The van der Waals surface area contributed by atoms with Gasteiger partial charge in [-0.25, -0.2) is 9.97 Å². The van der Waals surface area contributed by atoms with Crippen molar-refractivity contribution in [1.29, 1.82) is 0 Å². The third-order valence-corrected chi connectivity index (χ3v) is 2.26. The van der Waals surface area contributed by atoms with E-state index in [0.717, 1.165) is 23.6 Å². The highest BCUT2D eigenvalue weighted by atomic mass is 16.5. The molecule has 0 saturated carbocycles. The Morgan fingerprint density at radius 1 is 1.18 bits per heavy atom. The van der Waals surface area contributed by atoms with Crippen molar-refractivity contribution in [3.63, 3.8) is 0 Å². The average Bonchev–Trinajstić information content (AvgIpc) is 2.40. The van der Waals surface area contributed by atoms with Crippen LogP contribution >= 0.6 is 0 Å². The number of pyridine rings is 1. The molecule has 0 aliphatic rings. The average molecular weight is 230 g/mol. The van der Waals surface area contributed by atoms with Gasteiger partial charge in [0.1, 0.15) is 5.69 Å². The van der Waals surface area contributed by atoms with Crippen molar-refractivity contribution in [2.45, 2.75) is 6.92 Å². The maximum atomic E-state index is 5.10. The molecule has 0 aromatic carbocycles. The molecule has 2 rings (SSSR count). The summed E-state index contributed by atoms with van der Waals surface area (Å²) in [5, 5.41) is 3.18. The van der Waals surface area contributed by atoms with Crippen LogP contribution in [0.5, 0.6) is 5.88 Å². The van der Waals surface area contributed by atoms with Crippen LogP contribution in [-0.2, 0) is 0 Å². The Labute approximate surface area is 99.9 Å². The second-order valence-corrected chi connectivity index (χ2v) is 3.37. The first-order chi connectivity index (χ1) is 8.35. The Bertz CT molecular complexity index is 501. The lowest BCUT2D eigenvalue weighted by atomic mass is 10.2. The zero-order valence-corrected chi connectivity index (χ0v) is 9.84. The van der Waals surface area contributed by atoms with Gasteiger partial charge in [-0.3, -0.25) is 4.98 Å². The molecule has 5 nitrogen and oxygen atoms in total. The number of hydrogen-bond acceptors (Lipinski definition) is 5. The Hall–Kier alpha value is -2.17. The number of ether oxygens (including phenoxy) is 1. The highest BCUT2D eigenvalue weighted by Gasteiger charge is 2.08. The van der Waals surface area contributed by atoms with Crippen LogP contribution in [0.15, 0.2) is 30.7 Å². The molecule has 0 saturated heterocycles. The van der Waals surface area contributed by atoms with Crippen LogP contribution in [0.4, 0.5) is 5.82 Å². The minimum atomic E-state index is 0.565. The molecule has 0 amide bonds. The van der Waals surface area contributed by atoms with Crippen LogP contribution < -0.4 is 10.1 Å². The Balaban J connectivity index is 2.44. The number of methoxy groups -OCH3 is 1. The van der Waals surface area contributed by atoms with Crippen molar-refractivity contribution >= 4 is 5.82 Å². The van der Waals surface area contributed by atoms with Gasteiger partial charge in [0.25, 0.3) is 0 Å². The van der Waals surface area contributed by atoms with E-state index < -0.39 is 0 Å². The molecule has 0 bridgehead atoms. The third-order valence-electron chi connectivity index (χ3n) is 2.26. The predicted molar refractivity (Wildman–Crippen MR) is 66.0 cm³/mol. The van der Waals surface area contributed by atoms with Crippen molar-refractivity contribution in [2.24, 2.45) is 0 Å². The molecule has 0 radical (unpaired) electrons. The Kier molecular flexibility index (Phi) is 3.49. The van der Waals surface area contributed by atoms with Gasteiger partial charge in [0.05, 0.1) is 7.11 Å². The molecule has 2 heterocycles. The quantitative estimate of drug-likeness (QED) is 0.870. The van der Waals surface area contributed by atoms with Crippen LogP contribution in [0, 0.1) is 0 Å². The van der Waals surface area contributed by atoms with Crippen molar-refractivity contribution in [3.8, 4) is 17.1 Å². The molecule has 17 heavy (non-hydrogen) atoms. The van der Waals surface area contributed by atoms with Gasteiger partial charge in [-0.15, -0.1) is 0 Å². The zero-order valence-electron chi connectivity index (χ0n) is 9.84. The van der Waals surface area contributed by atoms with Crippen LogP contribution in [0.3, 0.4) is 0 Å². The van der Waals surface area contributed by atoms with Crippen LogP contribution in [0.1, 0.15) is 6.92 Å². The molecule has 0 fully saturated rings. The summed E-state index contributed by atoms with van der Waals surface area (Å²) in [6.45, 7) is 2.82. The third kappa shape index (κ3) is 2.50. The monoisotopic (exact) mass is 230 g/mol. The fourth-order valence-corrected chi connectivity index (χ4v) is 1.51. The summed E-state index contributed by atoms with van der Waals surface area (Å²) in [6.07, 6.45) is 5.03. The Morgan fingerprint density at radius 2 is 2.00 bits per heavy atom. The lowest BCUT2D eigenvalue weighted by Gasteiger charge is -2.08. The summed E-state index contributed by atoms with van der Waals surface area (Å²) in [4.78, 5) is 12.7. The second-order valence-electron chi connectivity index (χ2n) is 3.37. The van der Waals surface area contributed by atoms with Crippen LogP contribution in [-0.4, -0.2) is 28.6 Å². The molecule has 88 valence electrons. The number of anilines is 1. The molecule has 0 aliphatic heterocycles. The largest absolute Gasteiger partial charge is 0.481 e. The summed E-state index contributed by atoms with van der Waals surface area (Å²) in [6, 6.07) is 3.72. The van der Waals surface area contributed by atoms with Gasteiger partial charge in [-0.1, -0.05) is 0 Å². The van der Waals surface area contributed by atoms with Gasteiger partial charge in [-0.05, 0) is 13.0 Å². The van der Waals surface area contributed by atoms with E-state index in [0.29, 0.717) is 5.88 Å². The zero-order chi connectivity index (χ0) is 12.1. The standard InChI is InChI=1S/C12H14N4O/c1-3-13-12-11(15-6-7-16-12)9-4-5-14-10(8-9)17-2/h4-8H,3H2,1-2H3,(H,13,16). The summed E-state index contributed by atoms with van der Waals surface area (Å²) >= 11 is 0. The molecular formula is C12H14N4O. The smallest absolute Gasteiger partial charge is 0.213 e. The van der Waals surface area contributed by atoms with E-state index in [1.807, 2.05) is 19.1 Å². The highest BCUT2D eigenvalue weighted by molar-refractivity contribution is 5.71. The topological polar surface area (TPSA) is 59.9 Å². The van der Waals surface area contributed by atoms with Crippen molar-refractivity contribution in [1.82, 2.24) is 15.0 Å². The van der Waals surface area contributed by atoms with Gasteiger partial charge in [0, 0.05) is 36.8 Å². The molecule has 1 N–H and O–H groups in total. The van der Waals surface area contributed by atoms with Crippen molar-refractivity contribution < 1.29 is 4.74 Å². The van der Waals surface area contributed by atoms with Gasteiger partial charge in [0.2, 0.25) is 5.88 Å². The first-order valence-corrected chi connectivity index (χ1v) is 5.40. The molecule has 0 spiro atoms. The number of nitrogens with one attached hydrogen (secondary N) is 1. The number of aromatic nitrogens is 3. The highest BCUT2D eigenvalue weighted by Crippen LogP contribution is 2.25. The lowest BCUT2D eigenvalue weighted by Crippen LogP contribution is -2.02. The van der Waals surface area contributed by atoms with E-state index in [9.17, 15) is 0 Å². The van der Waals surface area contributed by atoms with Crippen LogP contribution in [0.2, 0.25) is 0 Å². The number of rotatable bonds is 4. The van der Waals surface area contributed by atoms with E-state index >= 15 is 0 Å². The molecule has 5 heteroatoms. The fourth-order valence-electron chi connectivity index (χ4n) is 1.51. The van der Waals surface area contributed by atoms with E-state index in [4.69, 9.17) is 4.74 Å². The molecule has 0 aliphatic carbocycles. The van der Waals surface area contributed by atoms with E-state index in [1.165, 1.54) is 0 Å². The molecular weight excluding hydrogens is 216 g/mol. The number of nitrogens with zero attached hydrogens (tertiary/aromatic N) is 3. The molecule has 0 atom stereocenters. The van der Waals surface area contributed by atoms with Crippen molar-refractivity contribution in [2.75, 3.05) is 19.0 Å². The van der Waals surface area contributed by atoms with Crippen LogP contribution in [0.25, 0.3) is 11.3 Å². The van der Waals surface area contributed by atoms with Gasteiger partial charge in [-0.2, -0.15) is 0 Å². The van der Waals surface area contributed by atoms with E-state index in [1.54, 1.807) is 25.7 Å². The summed E-state index contributed by atoms with van der Waals surface area (Å²) in [5.74, 6) is 1.33. The maximum Gasteiger partial charge on any atom is 0.213 e. The van der Waals surface area contributed by atoms with Crippen molar-refractivity contribution in [3.05, 3.63) is 30.7 Å². The lowest BCUT2D eigenvalue weighted by molar-refractivity contribution is 0.398. The summed E-state index contributed by atoms with van der Waals surface area (Å²) in [7, 11) is 1.59. The summed E-state index contributed by atoms with van der Waals surface area (Å²) in [5.41, 5.74) is 1.73. The first-order valence-electron chi connectivity index (χ1n) is 5.40. The second kappa shape index (κ2) is 5.25. The maximum absolute atomic E-state index is 5.10. The predicted octanol–water partition coefficient (Wildman–Crippen LogP) is 1.98. The normalized spacial score (nSPS) is 10.0. The molecule has 0 unspecified atom stereocenters. The van der Waals surface area contributed by atoms with Gasteiger partial charge >= 0.3 is 0 Å². The number of hydrogen-bond donors (Lipinski definition) is 1. The Morgan fingerprint density at radius 3 is 2.76 bits per heavy atom. The molecule has 2 aromatic heterocycles. The minimum absolute atomic E-state index is 0.565. The summed E-state index contributed by atoms with van der Waals surface area (Å²) < 4.78 is 5.10. The minimum Gasteiger partial charge on any atom is -0.481 e. The van der Waals surface area contributed by atoms with Gasteiger partial charge < -0.3 is 10.1 Å². The molecule has 2 aromatic rings. The van der Waals surface area contributed by atoms with E-state index in [-0.39, 0.29) is 0 Å². The van der Waals surface area contributed by atoms with Gasteiger partial charge in [0.15, 0.2) is 5.82 Å². The first kappa shape index (κ1) is 11.3. The SMILES string of the molecule is CCNc1nccnc1-c1ccnc(OC)c1.